The fourth-order valence-electron chi connectivity index (χ4n) is 0.618. The van der Waals surface area contributed by atoms with Crippen molar-refractivity contribution in [3.63, 3.8) is 0 Å². The van der Waals surface area contributed by atoms with Crippen LogP contribution in [0.1, 0.15) is 0 Å². The summed E-state index contributed by atoms with van der Waals surface area (Å²) in [5.74, 6) is 0. The summed E-state index contributed by atoms with van der Waals surface area (Å²) in [4.78, 5) is 9.90. The topological polar surface area (TPSA) is 118 Å². The zero-order chi connectivity index (χ0) is 9.72. The van der Waals surface area contributed by atoms with E-state index in [0.717, 1.165) is 0 Å². The van der Waals surface area contributed by atoms with Gasteiger partial charge in [-0.1, -0.05) is 0 Å². The largest absolute Gasteiger partial charge is 0.394 e. The fraction of sp³-hybridized carbons (Fsp3) is 0.833. The Kier molecular flexibility index (Phi) is 21.8. The first-order chi connectivity index (χ1) is 5.54. The molecule has 0 aromatic carbocycles. The Balaban J connectivity index is -0.000000202. The quantitative estimate of drug-likeness (QED) is 0.260. The summed E-state index contributed by atoms with van der Waals surface area (Å²) >= 11 is 0. The average molecular weight is 353 g/mol. The second kappa shape index (κ2) is 13.1. The summed E-state index contributed by atoms with van der Waals surface area (Å²) in [5.41, 5.74) is 0. The van der Waals surface area contributed by atoms with E-state index in [2.05, 4.69) is 0 Å². The second-order valence-electron chi connectivity index (χ2n) is 2.36. The molecule has 0 amide bonds. The first kappa shape index (κ1) is 25.0. The van der Waals surface area contributed by atoms with Crippen LogP contribution >= 0.6 is 0 Å². The maximum Gasteiger partial charge on any atom is 0.151 e. The van der Waals surface area contributed by atoms with Gasteiger partial charge in [-0.05, 0) is 0 Å². The molecule has 0 bridgehead atoms. The first-order valence-electron chi connectivity index (χ1n) is 3.33. The van der Waals surface area contributed by atoms with Gasteiger partial charge in [0.2, 0.25) is 0 Å². The van der Waals surface area contributed by atoms with Crippen molar-refractivity contribution in [2.24, 2.45) is 0 Å². The van der Waals surface area contributed by atoms with Crippen LogP contribution in [0.4, 0.5) is 0 Å². The molecule has 0 rings (SSSR count). The van der Waals surface area contributed by atoms with Crippen LogP contribution in [0.25, 0.3) is 0 Å². The van der Waals surface area contributed by atoms with Crippen LogP contribution < -0.4 is 0 Å². The van der Waals surface area contributed by atoms with E-state index in [1.165, 1.54) is 0 Å². The predicted molar refractivity (Wildman–Crippen MR) is 37.2 cm³/mol. The maximum absolute atomic E-state index is 9.90. The third-order valence-corrected chi connectivity index (χ3v) is 1.42. The molecule has 98 valence electrons. The normalized spacial score (nSPS) is 16.9. The molecular weight excluding hydrogens is 341 g/mol. The summed E-state index contributed by atoms with van der Waals surface area (Å²) in [5, 5.41) is 43.5. The van der Waals surface area contributed by atoms with Crippen LogP contribution in [0, 0.1) is 0 Å². The van der Waals surface area contributed by atoms with Crippen molar-refractivity contribution in [2.75, 3.05) is 6.61 Å². The number of rotatable bonds is 5. The number of carbonyl (C=O) groups is 1. The number of hydrogen-bond acceptors (Lipinski definition) is 6. The Morgan fingerprint density at radius 2 is 1.47 bits per heavy atom. The number of carbonyl (C=O) groups excluding carboxylic acids is 1. The van der Waals surface area contributed by atoms with Gasteiger partial charge >= 0.3 is 0 Å². The van der Waals surface area contributed by atoms with E-state index in [0.29, 0.717) is 0 Å². The van der Waals surface area contributed by atoms with Gasteiger partial charge in [0.25, 0.3) is 0 Å². The van der Waals surface area contributed by atoms with Crippen molar-refractivity contribution in [1.82, 2.24) is 0 Å². The van der Waals surface area contributed by atoms with Gasteiger partial charge < -0.3 is 30.3 Å². The Labute approximate surface area is 118 Å². The Bertz CT molecular complexity index is 154. The van der Waals surface area contributed by atoms with E-state index in [4.69, 9.17) is 25.5 Å². The minimum atomic E-state index is -1.79. The van der Waals surface area contributed by atoms with Crippen LogP contribution in [0.15, 0.2) is 0 Å². The van der Waals surface area contributed by atoms with Gasteiger partial charge in [0, 0.05) is 50.3 Å². The minimum Gasteiger partial charge on any atom is -0.394 e. The van der Waals surface area contributed by atoms with Crippen LogP contribution in [0.3, 0.4) is 0 Å². The monoisotopic (exact) mass is 352 g/mol. The summed E-state index contributed by atoms with van der Waals surface area (Å²) in [7, 11) is 0. The molecule has 2 radical (unpaired) electrons. The summed E-state index contributed by atoms with van der Waals surface area (Å²) < 4.78 is 0. The van der Waals surface area contributed by atoms with Gasteiger partial charge in [0.05, 0.1) is 6.61 Å². The minimum absolute atomic E-state index is 0. The molecule has 0 spiro atoms. The van der Waals surface area contributed by atoms with E-state index in [-0.39, 0.29) is 56.6 Å². The molecule has 0 heterocycles. The second-order valence-corrected chi connectivity index (χ2v) is 2.36. The third-order valence-electron chi connectivity index (χ3n) is 1.42. The average Bonchev–Trinajstić information content (AvgIpc) is 2.12. The molecule has 0 aromatic heterocycles. The van der Waals surface area contributed by atoms with Gasteiger partial charge in [-0.25, -0.2) is 0 Å². The van der Waals surface area contributed by atoms with Crippen LogP contribution in [0.5, 0.6) is 0 Å². The SMILES string of the molecule is O=C[C@H](O)[C@@H](O)[C@H](O)[C@H](O)CO.[Co].[Mn].[Ni]. The van der Waals surface area contributed by atoms with Gasteiger partial charge in [0.15, 0.2) is 6.29 Å². The van der Waals surface area contributed by atoms with E-state index in [9.17, 15) is 4.79 Å². The van der Waals surface area contributed by atoms with Crippen LogP contribution in [-0.4, -0.2) is 62.8 Å². The van der Waals surface area contributed by atoms with Gasteiger partial charge in [0.1, 0.15) is 24.4 Å². The van der Waals surface area contributed by atoms with Gasteiger partial charge in [-0.15, -0.1) is 0 Å². The molecule has 6 nitrogen and oxygen atoms in total. The Morgan fingerprint density at radius 3 is 1.73 bits per heavy atom. The summed E-state index contributed by atoms with van der Waals surface area (Å²) in [6.07, 6.45) is -6.84. The molecule has 0 aromatic rings. The number of aldehydes is 1. The number of hydrogen-bond donors (Lipinski definition) is 5. The van der Waals surface area contributed by atoms with E-state index in [1.54, 1.807) is 0 Å². The Hall–Kier alpha value is 0.989. The van der Waals surface area contributed by atoms with Crippen LogP contribution in [-0.2, 0) is 55.1 Å². The zero-order valence-electron chi connectivity index (χ0n) is 7.27. The molecular formula is C6H12CoMnNiO6. The van der Waals surface area contributed by atoms with Gasteiger partial charge in [-0.3, -0.25) is 0 Å². The Morgan fingerprint density at radius 1 is 1.07 bits per heavy atom. The molecule has 0 saturated heterocycles. The molecule has 0 aliphatic heterocycles. The molecule has 0 aliphatic rings. The van der Waals surface area contributed by atoms with Gasteiger partial charge in [-0.2, -0.15) is 0 Å². The van der Waals surface area contributed by atoms with Crippen molar-refractivity contribution in [3.05, 3.63) is 0 Å². The van der Waals surface area contributed by atoms with E-state index >= 15 is 0 Å². The van der Waals surface area contributed by atoms with Crippen molar-refractivity contribution in [3.8, 4) is 0 Å². The molecule has 0 saturated carbocycles. The molecule has 9 heteroatoms. The van der Waals surface area contributed by atoms with Crippen molar-refractivity contribution in [2.45, 2.75) is 24.4 Å². The summed E-state index contributed by atoms with van der Waals surface area (Å²) in [6.45, 7) is -0.760. The van der Waals surface area contributed by atoms with Crippen molar-refractivity contribution < 1.29 is 80.7 Å². The van der Waals surface area contributed by atoms with E-state index < -0.39 is 31.0 Å². The molecule has 5 N–H and O–H groups in total. The smallest absolute Gasteiger partial charge is 0.151 e. The molecule has 0 fully saturated rings. The summed E-state index contributed by atoms with van der Waals surface area (Å²) in [6, 6.07) is 0. The predicted octanol–water partition coefficient (Wildman–Crippen LogP) is -3.39. The van der Waals surface area contributed by atoms with Crippen molar-refractivity contribution in [1.29, 1.82) is 0 Å². The molecule has 15 heavy (non-hydrogen) atoms. The fourth-order valence-corrected chi connectivity index (χ4v) is 0.618. The molecule has 0 unspecified atom stereocenters. The molecule has 0 aliphatic carbocycles. The maximum atomic E-state index is 9.90. The number of aliphatic hydroxyl groups is 5. The standard InChI is InChI=1S/C6H12O6.Co.Mn.Ni/c7-1-3(9)5(11)6(12)4(10)2-8;;;/h1,3-6,8-12H,2H2;;;/t3-,4+,5+,6+;;;/m0.../s1. The number of aliphatic hydroxyl groups excluding tert-OH is 5. The first-order valence-corrected chi connectivity index (χ1v) is 3.33. The van der Waals surface area contributed by atoms with Crippen LogP contribution in [0.2, 0.25) is 0 Å². The van der Waals surface area contributed by atoms with Crippen molar-refractivity contribution >= 4 is 6.29 Å². The third kappa shape index (κ3) is 8.76. The molecule has 4 atom stereocenters. The van der Waals surface area contributed by atoms with E-state index in [1.807, 2.05) is 0 Å². The zero-order valence-corrected chi connectivity index (χ0v) is 10.5.